The molecule has 0 spiro atoms. The number of piperidine rings is 1. The number of carbonyl (C=O) groups is 2. The fraction of sp³-hybridized carbons (Fsp3) is 0.600. The van der Waals surface area contributed by atoms with Gasteiger partial charge in [0.15, 0.2) is 5.60 Å². The Morgan fingerprint density at radius 1 is 1.35 bits per heavy atom. The molecule has 2 N–H and O–H groups in total. The van der Waals surface area contributed by atoms with Gasteiger partial charge in [0.25, 0.3) is 5.91 Å². The average Bonchev–Trinajstić information content (AvgIpc) is 2.59. The lowest BCUT2D eigenvalue weighted by Gasteiger charge is -2.40. The third-order valence-corrected chi connectivity index (χ3v) is 4.95. The van der Waals surface area contributed by atoms with Crippen LogP contribution in [0.2, 0.25) is 0 Å². The lowest BCUT2D eigenvalue weighted by molar-refractivity contribution is -0.160. The van der Waals surface area contributed by atoms with Crippen molar-refractivity contribution in [2.45, 2.75) is 44.8 Å². The third kappa shape index (κ3) is 5.05. The van der Waals surface area contributed by atoms with Crippen molar-refractivity contribution in [1.29, 1.82) is 0 Å². The van der Waals surface area contributed by atoms with Gasteiger partial charge in [0.05, 0.1) is 6.54 Å². The molecule has 1 atom stereocenters. The van der Waals surface area contributed by atoms with Gasteiger partial charge in [-0.15, -0.1) is 0 Å². The molecule has 0 saturated carbocycles. The van der Waals surface area contributed by atoms with Gasteiger partial charge in [0, 0.05) is 26.7 Å². The standard InChI is InChI=1S/C20H31N3O3/c1-15(2)17-8-6-16(7-9-17)12-23-11-5-10-20(26,19(23)25)14-22(4)13-18(24)21-3/h6-9,15,26H,5,10-14H2,1-4H3,(H,21,24). The van der Waals surface area contributed by atoms with E-state index in [9.17, 15) is 14.7 Å². The first-order chi connectivity index (χ1) is 12.2. The van der Waals surface area contributed by atoms with Crippen LogP contribution >= 0.6 is 0 Å². The number of aliphatic hydroxyl groups is 1. The number of nitrogens with zero attached hydrogens (tertiary/aromatic N) is 2. The number of likely N-dealkylation sites (N-methyl/N-ethyl adjacent to an activating group) is 2. The maximum atomic E-state index is 12.9. The summed E-state index contributed by atoms with van der Waals surface area (Å²) in [4.78, 5) is 27.8. The fourth-order valence-corrected chi connectivity index (χ4v) is 3.42. The van der Waals surface area contributed by atoms with Gasteiger partial charge in [-0.3, -0.25) is 14.5 Å². The van der Waals surface area contributed by atoms with Crippen LogP contribution in [0.15, 0.2) is 24.3 Å². The first kappa shape index (κ1) is 20.4. The van der Waals surface area contributed by atoms with Gasteiger partial charge in [0.1, 0.15) is 0 Å². The molecule has 1 unspecified atom stereocenters. The first-order valence-corrected chi connectivity index (χ1v) is 9.25. The van der Waals surface area contributed by atoms with Crippen molar-refractivity contribution in [3.8, 4) is 0 Å². The molecule has 0 radical (unpaired) electrons. The number of nitrogens with one attached hydrogen (secondary N) is 1. The summed E-state index contributed by atoms with van der Waals surface area (Å²) in [6, 6.07) is 8.29. The summed E-state index contributed by atoms with van der Waals surface area (Å²) in [6.45, 7) is 5.76. The summed E-state index contributed by atoms with van der Waals surface area (Å²) >= 11 is 0. The second kappa shape index (κ2) is 8.64. The van der Waals surface area contributed by atoms with Gasteiger partial charge < -0.3 is 15.3 Å². The zero-order valence-electron chi connectivity index (χ0n) is 16.3. The number of amides is 2. The van der Waals surface area contributed by atoms with Crippen LogP contribution in [0, 0.1) is 0 Å². The van der Waals surface area contributed by atoms with Gasteiger partial charge >= 0.3 is 0 Å². The Hall–Kier alpha value is -1.92. The van der Waals surface area contributed by atoms with Crippen molar-refractivity contribution in [1.82, 2.24) is 15.1 Å². The lowest BCUT2D eigenvalue weighted by atomic mass is 9.90. The van der Waals surface area contributed by atoms with E-state index in [0.29, 0.717) is 25.4 Å². The molecular formula is C20H31N3O3. The van der Waals surface area contributed by atoms with E-state index < -0.39 is 5.60 Å². The van der Waals surface area contributed by atoms with Crippen molar-refractivity contribution in [3.05, 3.63) is 35.4 Å². The van der Waals surface area contributed by atoms with Crippen LogP contribution in [0.25, 0.3) is 0 Å². The molecule has 2 amide bonds. The highest BCUT2D eigenvalue weighted by molar-refractivity contribution is 5.86. The largest absolute Gasteiger partial charge is 0.379 e. The van der Waals surface area contributed by atoms with Crippen molar-refractivity contribution < 1.29 is 14.7 Å². The molecule has 1 saturated heterocycles. The zero-order valence-corrected chi connectivity index (χ0v) is 16.3. The van der Waals surface area contributed by atoms with Crippen LogP contribution in [0.4, 0.5) is 0 Å². The molecule has 1 heterocycles. The Labute approximate surface area is 156 Å². The maximum absolute atomic E-state index is 12.9. The number of benzene rings is 1. The molecule has 1 aliphatic heterocycles. The second-order valence-electron chi connectivity index (χ2n) is 7.60. The van der Waals surface area contributed by atoms with Crippen LogP contribution in [0.3, 0.4) is 0 Å². The highest BCUT2D eigenvalue weighted by Crippen LogP contribution is 2.25. The highest BCUT2D eigenvalue weighted by atomic mass is 16.3. The van der Waals surface area contributed by atoms with Gasteiger partial charge in [0.2, 0.25) is 5.91 Å². The molecular weight excluding hydrogens is 330 g/mol. The molecule has 1 aliphatic rings. The number of carbonyl (C=O) groups excluding carboxylic acids is 2. The summed E-state index contributed by atoms with van der Waals surface area (Å²) < 4.78 is 0. The van der Waals surface area contributed by atoms with Crippen LogP contribution in [0.5, 0.6) is 0 Å². The van der Waals surface area contributed by atoms with E-state index >= 15 is 0 Å². The molecule has 2 rings (SSSR count). The van der Waals surface area contributed by atoms with Crippen LogP contribution < -0.4 is 5.32 Å². The number of likely N-dealkylation sites (tertiary alicyclic amines) is 1. The molecule has 6 heteroatoms. The minimum atomic E-state index is -1.43. The highest BCUT2D eigenvalue weighted by Gasteiger charge is 2.42. The van der Waals surface area contributed by atoms with Crippen molar-refractivity contribution in [2.75, 3.05) is 33.7 Å². The van der Waals surface area contributed by atoms with Crippen molar-refractivity contribution in [3.63, 3.8) is 0 Å². The Morgan fingerprint density at radius 3 is 2.58 bits per heavy atom. The van der Waals surface area contributed by atoms with Gasteiger partial charge in [-0.1, -0.05) is 38.1 Å². The monoisotopic (exact) mass is 361 g/mol. The quantitative estimate of drug-likeness (QED) is 0.769. The van der Waals surface area contributed by atoms with E-state index in [-0.39, 0.29) is 24.9 Å². The summed E-state index contributed by atoms with van der Waals surface area (Å²) in [5.74, 6) is 0.0866. The lowest BCUT2D eigenvalue weighted by Crippen LogP contribution is -2.58. The Bertz CT molecular complexity index is 630. The fourth-order valence-electron chi connectivity index (χ4n) is 3.42. The molecule has 0 bridgehead atoms. The average molecular weight is 361 g/mol. The van der Waals surface area contributed by atoms with E-state index in [4.69, 9.17) is 0 Å². The number of hydrogen-bond acceptors (Lipinski definition) is 4. The first-order valence-electron chi connectivity index (χ1n) is 9.25. The number of rotatable bonds is 7. The normalized spacial score (nSPS) is 20.7. The van der Waals surface area contributed by atoms with Crippen molar-refractivity contribution in [2.24, 2.45) is 0 Å². The molecule has 144 valence electrons. The topological polar surface area (TPSA) is 72.9 Å². The molecule has 1 fully saturated rings. The molecule has 0 aliphatic carbocycles. The SMILES string of the molecule is CNC(=O)CN(C)CC1(O)CCCN(Cc2ccc(C(C)C)cc2)C1=O. The third-order valence-electron chi connectivity index (χ3n) is 4.95. The molecule has 0 aromatic heterocycles. The van der Waals surface area contributed by atoms with Gasteiger partial charge in [-0.2, -0.15) is 0 Å². The summed E-state index contributed by atoms with van der Waals surface area (Å²) in [7, 11) is 3.31. The van der Waals surface area contributed by atoms with Crippen LogP contribution in [-0.2, 0) is 16.1 Å². The number of hydrogen-bond donors (Lipinski definition) is 2. The smallest absolute Gasteiger partial charge is 0.256 e. The molecule has 6 nitrogen and oxygen atoms in total. The molecule has 1 aromatic rings. The van der Waals surface area contributed by atoms with E-state index in [1.165, 1.54) is 5.56 Å². The van der Waals surface area contributed by atoms with Crippen LogP contribution in [-0.4, -0.2) is 66.1 Å². The summed E-state index contributed by atoms with van der Waals surface area (Å²) in [5.41, 5.74) is 0.899. The van der Waals surface area contributed by atoms with E-state index in [2.05, 4.69) is 31.3 Å². The summed E-state index contributed by atoms with van der Waals surface area (Å²) in [5, 5.41) is 13.4. The summed E-state index contributed by atoms with van der Waals surface area (Å²) in [6.07, 6.45) is 1.17. The van der Waals surface area contributed by atoms with E-state index in [0.717, 1.165) is 12.0 Å². The van der Waals surface area contributed by atoms with Crippen LogP contribution in [0.1, 0.15) is 43.7 Å². The minimum absolute atomic E-state index is 0.138. The predicted molar refractivity (Wildman–Crippen MR) is 102 cm³/mol. The maximum Gasteiger partial charge on any atom is 0.256 e. The van der Waals surface area contributed by atoms with E-state index in [1.54, 1.807) is 23.9 Å². The van der Waals surface area contributed by atoms with Gasteiger partial charge in [-0.05, 0) is 36.9 Å². The van der Waals surface area contributed by atoms with Crippen molar-refractivity contribution >= 4 is 11.8 Å². The Balaban J connectivity index is 2.02. The minimum Gasteiger partial charge on any atom is -0.379 e. The second-order valence-corrected chi connectivity index (χ2v) is 7.60. The zero-order chi connectivity index (χ0) is 19.3. The Morgan fingerprint density at radius 2 is 2.00 bits per heavy atom. The predicted octanol–water partition coefficient (Wildman–Crippen LogP) is 1.34. The van der Waals surface area contributed by atoms with E-state index in [1.807, 2.05) is 12.1 Å². The molecule has 1 aromatic carbocycles. The Kier molecular flexibility index (Phi) is 6.78. The van der Waals surface area contributed by atoms with Gasteiger partial charge in [-0.25, -0.2) is 0 Å². The molecule has 26 heavy (non-hydrogen) atoms.